The zero-order valence-electron chi connectivity index (χ0n) is 14.7. The monoisotopic (exact) mass is 349 g/mol. The van der Waals surface area contributed by atoms with Crippen molar-refractivity contribution < 1.29 is 19.2 Å². The number of likely N-dealkylation sites (tertiary alicyclic amines) is 1. The van der Waals surface area contributed by atoms with Crippen LogP contribution in [0.3, 0.4) is 0 Å². The molecule has 1 saturated heterocycles. The summed E-state index contributed by atoms with van der Waals surface area (Å²) in [6.07, 6.45) is 1.00. The van der Waals surface area contributed by atoms with Gasteiger partial charge < -0.3 is 15.0 Å². The molecule has 0 saturated carbocycles. The Morgan fingerprint density at radius 2 is 2.00 bits per heavy atom. The Morgan fingerprint density at radius 3 is 2.64 bits per heavy atom. The van der Waals surface area contributed by atoms with E-state index in [0.29, 0.717) is 19.5 Å². The largest absolute Gasteiger partial charge is 0.444 e. The fraction of sp³-hybridized carbons (Fsp3) is 0.529. The van der Waals surface area contributed by atoms with Gasteiger partial charge in [0.25, 0.3) is 11.6 Å². The molecule has 0 spiro atoms. The molecule has 0 bridgehead atoms. The summed E-state index contributed by atoms with van der Waals surface area (Å²) in [6, 6.07) is 5.54. The zero-order chi connectivity index (χ0) is 18.6. The van der Waals surface area contributed by atoms with Crippen LogP contribution in [0.15, 0.2) is 24.3 Å². The standard InChI is InChI=1S/C17H23N3O5/c1-17(2,3)25-16(22)19-10-6-7-12(11-19)18-15(21)13-8-4-5-9-14(13)20(23)24/h4-5,8-9,12H,6-7,10-11H2,1-3H3,(H,18,21)/t12-/m1/s1. The van der Waals surface area contributed by atoms with Crippen molar-refractivity contribution in [2.24, 2.45) is 0 Å². The van der Waals surface area contributed by atoms with Crippen LogP contribution in [-0.2, 0) is 4.74 Å². The van der Waals surface area contributed by atoms with Gasteiger partial charge in [0.05, 0.1) is 4.92 Å². The summed E-state index contributed by atoms with van der Waals surface area (Å²) < 4.78 is 5.35. The van der Waals surface area contributed by atoms with E-state index in [4.69, 9.17) is 4.74 Å². The van der Waals surface area contributed by atoms with Crippen molar-refractivity contribution in [2.45, 2.75) is 45.3 Å². The maximum Gasteiger partial charge on any atom is 0.410 e. The van der Waals surface area contributed by atoms with Crippen LogP contribution in [0, 0.1) is 10.1 Å². The number of rotatable bonds is 3. The van der Waals surface area contributed by atoms with Crippen LogP contribution in [0.2, 0.25) is 0 Å². The van der Waals surface area contributed by atoms with Crippen LogP contribution >= 0.6 is 0 Å². The molecule has 8 nitrogen and oxygen atoms in total. The van der Waals surface area contributed by atoms with Crippen molar-refractivity contribution in [3.8, 4) is 0 Å². The second kappa shape index (κ2) is 7.50. The van der Waals surface area contributed by atoms with Crippen LogP contribution in [0.5, 0.6) is 0 Å². The van der Waals surface area contributed by atoms with Gasteiger partial charge in [0.1, 0.15) is 11.2 Å². The molecule has 25 heavy (non-hydrogen) atoms. The van der Waals surface area contributed by atoms with Gasteiger partial charge in [0.15, 0.2) is 0 Å². The second-order valence-electron chi connectivity index (χ2n) is 7.01. The summed E-state index contributed by atoms with van der Waals surface area (Å²) in [5.74, 6) is -0.511. The van der Waals surface area contributed by atoms with E-state index in [1.165, 1.54) is 18.2 Å². The Hall–Kier alpha value is -2.64. The lowest BCUT2D eigenvalue weighted by atomic mass is 10.0. The number of nitro groups is 1. The quantitative estimate of drug-likeness (QED) is 0.668. The SMILES string of the molecule is CC(C)(C)OC(=O)N1CCC[C@@H](NC(=O)c2ccccc2[N+](=O)[O-])C1. The average molecular weight is 349 g/mol. The molecule has 8 heteroatoms. The highest BCUT2D eigenvalue weighted by molar-refractivity contribution is 5.98. The Labute approximate surface area is 146 Å². The van der Waals surface area contributed by atoms with E-state index in [-0.39, 0.29) is 17.3 Å². The molecule has 136 valence electrons. The van der Waals surface area contributed by atoms with E-state index in [0.717, 1.165) is 6.42 Å². The van der Waals surface area contributed by atoms with Crippen molar-refractivity contribution >= 4 is 17.7 Å². The summed E-state index contributed by atoms with van der Waals surface area (Å²) in [6.45, 7) is 6.27. The van der Waals surface area contributed by atoms with Gasteiger partial charge in [-0.25, -0.2) is 4.79 Å². The van der Waals surface area contributed by atoms with Gasteiger partial charge in [0.2, 0.25) is 0 Å². The number of carbonyl (C=O) groups is 2. The average Bonchev–Trinajstić information content (AvgIpc) is 2.53. The first-order valence-electron chi connectivity index (χ1n) is 8.19. The third kappa shape index (κ3) is 5.17. The van der Waals surface area contributed by atoms with Crippen molar-refractivity contribution in [1.82, 2.24) is 10.2 Å². The highest BCUT2D eigenvalue weighted by Crippen LogP contribution is 2.19. The fourth-order valence-electron chi connectivity index (χ4n) is 2.68. The summed E-state index contributed by atoms with van der Waals surface area (Å²) in [5, 5.41) is 13.8. The van der Waals surface area contributed by atoms with Gasteiger partial charge in [-0.3, -0.25) is 14.9 Å². The second-order valence-corrected chi connectivity index (χ2v) is 7.01. The Kier molecular flexibility index (Phi) is 5.61. The summed E-state index contributed by atoms with van der Waals surface area (Å²) in [5.41, 5.74) is -0.806. The molecular formula is C17H23N3O5. The molecule has 1 atom stereocenters. The number of piperidine rings is 1. The molecule has 1 aliphatic heterocycles. The molecule has 2 amide bonds. The van der Waals surface area contributed by atoms with E-state index < -0.39 is 22.5 Å². The minimum Gasteiger partial charge on any atom is -0.444 e. The summed E-state index contributed by atoms with van der Waals surface area (Å²) in [4.78, 5) is 36.6. The Balaban J connectivity index is 2.02. The van der Waals surface area contributed by atoms with Crippen molar-refractivity contribution in [3.63, 3.8) is 0 Å². The lowest BCUT2D eigenvalue weighted by Crippen LogP contribution is -2.50. The lowest BCUT2D eigenvalue weighted by molar-refractivity contribution is -0.385. The fourth-order valence-corrected chi connectivity index (χ4v) is 2.68. The van der Waals surface area contributed by atoms with Gasteiger partial charge in [0, 0.05) is 25.2 Å². The maximum atomic E-state index is 12.4. The molecule has 0 aromatic heterocycles. The topological polar surface area (TPSA) is 102 Å². The number of nitrogens with one attached hydrogen (secondary N) is 1. The predicted molar refractivity (Wildman–Crippen MR) is 91.4 cm³/mol. The van der Waals surface area contributed by atoms with E-state index in [2.05, 4.69) is 5.32 Å². The van der Waals surface area contributed by atoms with Crippen LogP contribution in [-0.4, -0.2) is 46.6 Å². The van der Waals surface area contributed by atoms with Gasteiger partial charge in [-0.15, -0.1) is 0 Å². The number of hydrogen-bond donors (Lipinski definition) is 1. The Morgan fingerprint density at radius 1 is 1.32 bits per heavy atom. The number of benzene rings is 1. The first-order chi connectivity index (χ1) is 11.7. The molecular weight excluding hydrogens is 326 g/mol. The molecule has 2 rings (SSSR count). The minimum atomic E-state index is -0.585. The number of ether oxygens (including phenoxy) is 1. The van der Waals surface area contributed by atoms with Gasteiger partial charge in [-0.1, -0.05) is 12.1 Å². The first-order valence-corrected chi connectivity index (χ1v) is 8.19. The van der Waals surface area contributed by atoms with Gasteiger partial charge in [-0.05, 0) is 39.7 Å². The van der Waals surface area contributed by atoms with Crippen molar-refractivity contribution in [1.29, 1.82) is 0 Å². The first kappa shape index (κ1) is 18.7. The van der Waals surface area contributed by atoms with Crippen molar-refractivity contribution in [3.05, 3.63) is 39.9 Å². The minimum absolute atomic E-state index is 0.0156. The highest BCUT2D eigenvalue weighted by Gasteiger charge is 2.29. The molecule has 1 aromatic carbocycles. The van der Waals surface area contributed by atoms with Crippen LogP contribution in [0.1, 0.15) is 44.0 Å². The number of nitrogens with zero attached hydrogens (tertiary/aromatic N) is 2. The molecule has 0 unspecified atom stereocenters. The molecule has 0 aliphatic carbocycles. The summed E-state index contributed by atoms with van der Waals surface area (Å²) in [7, 11) is 0. The smallest absolute Gasteiger partial charge is 0.410 e. The Bertz CT molecular complexity index is 668. The van der Waals surface area contributed by atoms with E-state index >= 15 is 0 Å². The number of nitro benzene ring substituents is 1. The molecule has 1 heterocycles. The van der Waals surface area contributed by atoms with Gasteiger partial charge >= 0.3 is 6.09 Å². The van der Waals surface area contributed by atoms with Crippen LogP contribution in [0.4, 0.5) is 10.5 Å². The predicted octanol–water partition coefficient (Wildman–Crippen LogP) is 2.72. The highest BCUT2D eigenvalue weighted by atomic mass is 16.6. The molecule has 1 aliphatic rings. The number of amides is 2. The lowest BCUT2D eigenvalue weighted by Gasteiger charge is -2.34. The van der Waals surface area contributed by atoms with Gasteiger partial charge in [-0.2, -0.15) is 0 Å². The van der Waals surface area contributed by atoms with Crippen LogP contribution in [0.25, 0.3) is 0 Å². The van der Waals surface area contributed by atoms with E-state index in [1.54, 1.807) is 31.7 Å². The van der Waals surface area contributed by atoms with E-state index in [1.807, 2.05) is 0 Å². The number of hydrogen-bond acceptors (Lipinski definition) is 5. The van der Waals surface area contributed by atoms with E-state index in [9.17, 15) is 19.7 Å². The van der Waals surface area contributed by atoms with Crippen LogP contribution < -0.4 is 5.32 Å². The maximum absolute atomic E-state index is 12.4. The third-order valence-corrected chi connectivity index (χ3v) is 3.75. The third-order valence-electron chi connectivity index (χ3n) is 3.75. The molecule has 0 radical (unpaired) electrons. The van der Waals surface area contributed by atoms with Crippen molar-refractivity contribution in [2.75, 3.05) is 13.1 Å². The summed E-state index contributed by atoms with van der Waals surface area (Å²) >= 11 is 0. The zero-order valence-corrected chi connectivity index (χ0v) is 14.7. The number of carbonyl (C=O) groups excluding carboxylic acids is 2. The molecule has 1 aromatic rings. The number of para-hydroxylation sites is 1. The molecule has 1 fully saturated rings. The molecule has 1 N–H and O–H groups in total. The normalized spacial score (nSPS) is 17.7.